The maximum Gasteiger partial charge on any atom is 0.243 e. The first kappa shape index (κ1) is 12.5. The molecular weight excluding hydrogens is 220 g/mol. The predicted molar refractivity (Wildman–Crippen MR) is 62.3 cm³/mol. The molecule has 0 spiro atoms. The van der Waals surface area contributed by atoms with Crippen LogP contribution in [0, 0.1) is 0 Å². The highest BCUT2D eigenvalue weighted by molar-refractivity contribution is 5.97. The number of hydrogen-bond donors (Lipinski definition) is 1. The number of amides is 2. The SMILES string of the molecule is CCCC1(O)CN(CC(=O)N2CCCC2=O)C1. The van der Waals surface area contributed by atoms with E-state index in [1.54, 1.807) is 0 Å². The Morgan fingerprint density at radius 3 is 2.71 bits per heavy atom. The third-order valence-corrected chi connectivity index (χ3v) is 3.48. The highest BCUT2D eigenvalue weighted by Gasteiger charge is 2.41. The van der Waals surface area contributed by atoms with Crippen LogP contribution in [0.4, 0.5) is 0 Å². The van der Waals surface area contributed by atoms with Crippen LogP contribution in [0.5, 0.6) is 0 Å². The minimum absolute atomic E-state index is 0.0562. The minimum atomic E-state index is -0.607. The largest absolute Gasteiger partial charge is 0.387 e. The van der Waals surface area contributed by atoms with Gasteiger partial charge in [-0.15, -0.1) is 0 Å². The molecule has 0 bridgehead atoms. The lowest BCUT2D eigenvalue weighted by molar-refractivity contribution is -0.148. The highest BCUT2D eigenvalue weighted by atomic mass is 16.3. The number of aliphatic hydroxyl groups is 1. The molecule has 2 aliphatic rings. The van der Waals surface area contributed by atoms with Crippen molar-refractivity contribution in [3.63, 3.8) is 0 Å². The van der Waals surface area contributed by atoms with Gasteiger partial charge in [0.2, 0.25) is 11.8 Å². The van der Waals surface area contributed by atoms with E-state index in [0.717, 1.165) is 19.3 Å². The van der Waals surface area contributed by atoms with Crippen molar-refractivity contribution in [2.75, 3.05) is 26.2 Å². The number of rotatable bonds is 4. The van der Waals surface area contributed by atoms with Crippen molar-refractivity contribution in [3.8, 4) is 0 Å². The van der Waals surface area contributed by atoms with Crippen LogP contribution in [0.15, 0.2) is 0 Å². The van der Waals surface area contributed by atoms with E-state index in [0.29, 0.717) is 26.1 Å². The lowest BCUT2D eigenvalue weighted by Crippen LogP contribution is -2.63. The molecule has 5 heteroatoms. The molecule has 0 unspecified atom stereocenters. The first-order valence-corrected chi connectivity index (χ1v) is 6.32. The Kier molecular flexibility index (Phi) is 3.49. The van der Waals surface area contributed by atoms with E-state index in [2.05, 4.69) is 0 Å². The quantitative estimate of drug-likeness (QED) is 0.750. The summed E-state index contributed by atoms with van der Waals surface area (Å²) in [6, 6.07) is 0. The first-order chi connectivity index (χ1) is 8.04. The fraction of sp³-hybridized carbons (Fsp3) is 0.833. The van der Waals surface area contributed by atoms with Gasteiger partial charge in [0, 0.05) is 26.1 Å². The van der Waals surface area contributed by atoms with Gasteiger partial charge in [-0.25, -0.2) is 0 Å². The van der Waals surface area contributed by atoms with Gasteiger partial charge < -0.3 is 5.11 Å². The third kappa shape index (κ3) is 2.66. The number of carbonyl (C=O) groups is 2. The monoisotopic (exact) mass is 240 g/mol. The molecule has 96 valence electrons. The molecule has 2 rings (SSSR count). The molecule has 0 atom stereocenters. The van der Waals surface area contributed by atoms with E-state index in [-0.39, 0.29) is 18.4 Å². The van der Waals surface area contributed by atoms with Crippen molar-refractivity contribution in [1.82, 2.24) is 9.80 Å². The Balaban J connectivity index is 1.76. The fourth-order valence-electron chi connectivity index (χ4n) is 2.71. The average Bonchev–Trinajstić information content (AvgIpc) is 2.62. The van der Waals surface area contributed by atoms with Crippen molar-refractivity contribution >= 4 is 11.8 Å². The smallest absolute Gasteiger partial charge is 0.243 e. The van der Waals surface area contributed by atoms with Crippen molar-refractivity contribution in [2.24, 2.45) is 0 Å². The molecule has 0 aliphatic carbocycles. The molecule has 1 N–H and O–H groups in total. The summed E-state index contributed by atoms with van der Waals surface area (Å²) in [4.78, 5) is 26.4. The molecular formula is C12H20N2O3. The highest BCUT2D eigenvalue weighted by Crippen LogP contribution is 2.25. The maximum absolute atomic E-state index is 11.8. The normalized spacial score (nSPS) is 23.9. The second kappa shape index (κ2) is 4.74. The van der Waals surface area contributed by atoms with Gasteiger partial charge in [-0.3, -0.25) is 19.4 Å². The summed E-state index contributed by atoms with van der Waals surface area (Å²) in [6.07, 6.45) is 3.00. The first-order valence-electron chi connectivity index (χ1n) is 6.32. The van der Waals surface area contributed by atoms with Crippen LogP contribution in [0.1, 0.15) is 32.6 Å². The third-order valence-electron chi connectivity index (χ3n) is 3.48. The molecule has 2 saturated heterocycles. The standard InChI is InChI=1S/C12H20N2O3/c1-2-5-12(17)8-13(9-12)7-11(16)14-6-3-4-10(14)15/h17H,2-9H2,1H3. The summed E-state index contributed by atoms with van der Waals surface area (Å²) >= 11 is 0. The summed E-state index contributed by atoms with van der Waals surface area (Å²) in [6.45, 7) is 3.96. The van der Waals surface area contributed by atoms with E-state index in [1.165, 1.54) is 4.90 Å². The molecule has 2 aliphatic heterocycles. The summed E-state index contributed by atoms with van der Waals surface area (Å²) in [5.41, 5.74) is -0.607. The van der Waals surface area contributed by atoms with Crippen LogP contribution in [-0.4, -0.2) is 58.5 Å². The zero-order chi connectivity index (χ0) is 12.5. The van der Waals surface area contributed by atoms with Crippen LogP contribution in [-0.2, 0) is 9.59 Å². The van der Waals surface area contributed by atoms with Crippen LogP contribution < -0.4 is 0 Å². The van der Waals surface area contributed by atoms with Gasteiger partial charge in [-0.05, 0) is 12.8 Å². The molecule has 2 amide bonds. The van der Waals surface area contributed by atoms with Crippen LogP contribution in [0.25, 0.3) is 0 Å². The minimum Gasteiger partial charge on any atom is -0.387 e. The number of carbonyl (C=O) groups excluding carboxylic acids is 2. The zero-order valence-electron chi connectivity index (χ0n) is 10.3. The topological polar surface area (TPSA) is 60.9 Å². The molecule has 2 fully saturated rings. The Labute approximate surface area is 101 Å². The molecule has 0 aromatic heterocycles. The molecule has 17 heavy (non-hydrogen) atoms. The molecule has 5 nitrogen and oxygen atoms in total. The van der Waals surface area contributed by atoms with Gasteiger partial charge in [-0.2, -0.15) is 0 Å². The fourth-order valence-corrected chi connectivity index (χ4v) is 2.71. The summed E-state index contributed by atoms with van der Waals surface area (Å²) in [5.74, 6) is -0.176. The van der Waals surface area contributed by atoms with E-state index in [9.17, 15) is 14.7 Å². The van der Waals surface area contributed by atoms with Gasteiger partial charge in [0.1, 0.15) is 0 Å². The van der Waals surface area contributed by atoms with Gasteiger partial charge in [0.25, 0.3) is 0 Å². The number of likely N-dealkylation sites (tertiary alicyclic amines) is 2. The zero-order valence-corrected chi connectivity index (χ0v) is 10.3. The van der Waals surface area contributed by atoms with E-state index in [1.807, 2.05) is 11.8 Å². The molecule has 0 radical (unpaired) electrons. The average molecular weight is 240 g/mol. The van der Waals surface area contributed by atoms with Gasteiger partial charge >= 0.3 is 0 Å². The van der Waals surface area contributed by atoms with Crippen molar-refractivity contribution in [2.45, 2.75) is 38.2 Å². The molecule has 2 heterocycles. The van der Waals surface area contributed by atoms with Crippen molar-refractivity contribution in [3.05, 3.63) is 0 Å². The van der Waals surface area contributed by atoms with Gasteiger partial charge in [0.15, 0.2) is 0 Å². The molecule has 0 aromatic carbocycles. The molecule has 0 saturated carbocycles. The lowest BCUT2D eigenvalue weighted by Gasteiger charge is -2.46. The van der Waals surface area contributed by atoms with Crippen molar-refractivity contribution in [1.29, 1.82) is 0 Å². The Bertz CT molecular complexity index is 324. The van der Waals surface area contributed by atoms with Crippen molar-refractivity contribution < 1.29 is 14.7 Å². The Morgan fingerprint density at radius 2 is 2.18 bits per heavy atom. The second-order valence-corrected chi connectivity index (χ2v) is 5.16. The maximum atomic E-state index is 11.8. The van der Waals surface area contributed by atoms with Crippen LogP contribution in [0.2, 0.25) is 0 Å². The summed E-state index contributed by atoms with van der Waals surface area (Å²) in [7, 11) is 0. The number of β-amino-alcohol motifs (C(OH)–C–C–N with tert-alkyl or cyclic N) is 1. The molecule has 0 aromatic rings. The Hall–Kier alpha value is -0.940. The van der Waals surface area contributed by atoms with Crippen LogP contribution >= 0.6 is 0 Å². The predicted octanol–water partition coefficient (Wildman–Crippen LogP) is -0.0178. The van der Waals surface area contributed by atoms with Gasteiger partial charge in [0.05, 0.1) is 12.1 Å². The van der Waals surface area contributed by atoms with E-state index >= 15 is 0 Å². The lowest BCUT2D eigenvalue weighted by atomic mass is 9.89. The Morgan fingerprint density at radius 1 is 1.47 bits per heavy atom. The second-order valence-electron chi connectivity index (χ2n) is 5.16. The number of nitrogens with zero attached hydrogens (tertiary/aromatic N) is 2. The summed E-state index contributed by atoms with van der Waals surface area (Å²) < 4.78 is 0. The van der Waals surface area contributed by atoms with Crippen LogP contribution in [0.3, 0.4) is 0 Å². The summed E-state index contributed by atoms with van der Waals surface area (Å²) in [5, 5.41) is 9.98. The van der Waals surface area contributed by atoms with E-state index in [4.69, 9.17) is 0 Å². The number of imide groups is 1. The van der Waals surface area contributed by atoms with E-state index < -0.39 is 5.60 Å². The van der Waals surface area contributed by atoms with Gasteiger partial charge in [-0.1, -0.05) is 13.3 Å². The number of hydrogen-bond acceptors (Lipinski definition) is 4.